The van der Waals surface area contributed by atoms with Gasteiger partial charge >= 0.3 is 6.18 Å². The van der Waals surface area contributed by atoms with Crippen LogP contribution in [0, 0.1) is 0 Å². The molecule has 0 aliphatic rings. The van der Waals surface area contributed by atoms with E-state index in [2.05, 4.69) is 15.4 Å². The molecule has 20 heavy (non-hydrogen) atoms. The second kappa shape index (κ2) is 5.27. The quantitative estimate of drug-likeness (QED) is 0.799. The van der Waals surface area contributed by atoms with Gasteiger partial charge in [0.05, 0.1) is 12.6 Å². The molecule has 0 atom stereocenters. The minimum absolute atomic E-state index is 0.0812. The highest BCUT2D eigenvalue weighted by molar-refractivity contribution is 5.75. The van der Waals surface area contributed by atoms with Gasteiger partial charge in [0.2, 0.25) is 5.82 Å². The van der Waals surface area contributed by atoms with Crippen LogP contribution in [0.5, 0.6) is 5.75 Å². The van der Waals surface area contributed by atoms with E-state index in [1.54, 1.807) is 0 Å². The number of benzene rings is 1. The summed E-state index contributed by atoms with van der Waals surface area (Å²) in [5, 5.41) is 10.9. The summed E-state index contributed by atoms with van der Waals surface area (Å²) >= 11 is 0. The van der Waals surface area contributed by atoms with Gasteiger partial charge < -0.3 is 4.74 Å². The van der Waals surface area contributed by atoms with Crippen LogP contribution in [-0.2, 0) is 19.8 Å². The van der Waals surface area contributed by atoms with Crippen LogP contribution in [0.25, 0.3) is 0 Å². The number of halogens is 3. The molecular weight excluding hydrogens is 277 g/mol. The summed E-state index contributed by atoms with van der Waals surface area (Å²) in [7, 11) is 1.52. The van der Waals surface area contributed by atoms with Crippen molar-refractivity contribution in [3.63, 3.8) is 0 Å². The van der Waals surface area contributed by atoms with Crippen LogP contribution in [0.2, 0.25) is 0 Å². The predicted molar refractivity (Wildman–Crippen MR) is 60.0 cm³/mol. The van der Waals surface area contributed by atoms with E-state index < -0.39 is 17.5 Å². The maximum atomic E-state index is 12.9. The normalized spacial score (nSPS) is 11.4. The van der Waals surface area contributed by atoms with E-state index in [4.69, 9.17) is 4.74 Å². The lowest BCUT2D eigenvalue weighted by molar-refractivity contribution is -0.139. The van der Waals surface area contributed by atoms with Gasteiger partial charge in [0.15, 0.2) is 6.61 Å². The molecule has 0 aliphatic carbocycles. The molecule has 0 unspecified atom stereocenters. The number of alkyl halides is 3. The van der Waals surface area contributed by atoms with Crippen LogP contribution < -0.4 is 4.74 Å². The van der Waals surface area contributed by atoms with Crippen molar-refractivity contribution in [1.29, 1.82) is 0 Å². The van der Waals surface area contributed by atoms with Gasteiger partial charge in [-0.15, -0.1) is 10.2 Å². The molecule has 6 nitrogen and oxygen atoms in total. The highest BCUT2D eigenvalue weighted by Gasteiger charge is 2.34. The van der Waals surface area contributed by atoms with Crippen molar-refractivity contribution >= 4 is 6.29 Å². The molecule has 0 fully saturated rings. The molecule has 0 saturated heterocycles. The van der Waals surface area contributed by atoms with Crippen LogP contribution >= 0.6 is 0 Å². The number of carbonyl (C=O) groups is 1. The molecule has 0 radical (unpaired) electrons. The third-order valence-corrected chi connectivity index (χ3v) is 2.35. The van der Waals surface area contributed by atoms with E-state index in [-0.39, 0.29) is 18.0 Å². The minimum Gasteiger partial charge on any atom is -0.485 e. The van der Waals surface area contributed by atoms with Gasteiger partial charge in [0.25, 0.3) is 0 Å². The Hall–Kier alpha value is -2.45. The van der Waals surface area contributed by atoms with Crippen molar-refractivity contribution < 1.29 is 22.7 Å². The molecule has 0 bridgehead atoms. The predicted octanol–water partition coefficient (Wildman–Crippen LogP) is 1.62. The van der Waals surface area contributed by atoms with E-state index in [0.29, 0.717) is 6.29 Å². The standard InChI is InChI=1S/C11H9F3N4O2/c1-18-16-10(15-17-18)6-20-9-3-2-7(5-19)4-8(9)11(12,13)14/h2-5H,6H2,1H3. The fourth-order valence-corrected chi connectivity index (χ4v) is 1.49. The zero-order valence-corrected chi connectivity index (χ0v) is 10.3. The van der Waals surface area contributed by atoms with Gasteiger partial charge in [-0.3, -0.25) is 4.79 Å². The van der Waals surface area contributed by atoms with E-state index in [0.717, 1.165) is 12.1 Å². The van der Waals surface area contributed by atoms with Crippen LogP contribution in [0.1, 0.15) is 21.7 Å². The number of tetrazole rings is 1. The number of aryl methyl sites for hydroxylation is 1. The number of hydrogen-bond acceptors (Lipinski definition) is 5. The molecule has 0 spiro atoms. The Kier molecular flexibility index (Phi) is 3.68. The smallest absolute Gasteiger partial charge is 0.419 e. The maximum absolute atomic E-state index is 12.9. The number of rotatable bonds is 4. The highest BCUT2D eigenvalue weighted by atomic mass is 19.4. The topological polar surface area (TPSA) is 69.9 Å². The molecule has 9 heteroatoms. The molecule has 106 valence electrons. The Balaban J connectivity index is 2.24. The average Bonchev–Trinajstić information content (AvgIpc) is 2.81. The van der Waals surface area contributed by atoms with Crippen LogP contribution in [-0.4, -0.2) is 26.5 Å². The van der Waals surface area contributed by atoms with Crippen molar-refractivity contribution in [2.45, 2.75) is 12.8 Å². The van der Waals surface area contributed by atoms with E-state index in [9.17, 15) is 18.0 Å². The summed E-state index contributed by atoms with van der Waals surface area (Å²) in [5.41, 5.74) is -1.10. The first-order valence-corrected chi connectivity index (χ1v) is 5.42. The summed E-state index contributed by atoms with van der Waals surface area (Å²) in [5.74, 6) is -0.240. The van der Waals surface area contributed by atoms with E-state index >= 15 is 0 Å². The van der Waals surface area contributed by atoms with Gasteiger partial charge in [-0.2, -0.15) is 18.0 Å². The van der Waals surface area contributed by atoms with Crippen LogP contribution in [0.4, 0.5) is 13.2 Å². The summed E-state index contributed by atoms with van der Waals surface area (Å²) in [6, 6.07) is 3.05. The molecule has 1 aromatic heterocycles. The van der Waals surface area contributed by atoms with Crippen LogP contribution in [0.15, 0.2) is 18.2 Å². The Labute approximate surface area is 111 Å². The van der Waals surface area contributed by atoms with Gasteiger partial charge in [-0.05, 0) is 23.4 Å². The fourth-order valence-electron chi connectivity index (χ4n) is 1.49. The van der Waals surface area contributed by atoms with Gasteiger partial charge in [0.1, 0.15) is 12.0 Å². The number of aldehydes is 1. The SMILES string of the molecule is Cn1nnc(COc2ccc(C=O)cc2C(F)(F)F)n1. The largest absolute Gasteiger partial charge is 0.485 e. The summed E-state index contributed by atoms with van der Waals surface area (Å²) in [6.07, 6.45) is -4.28. The first kappa shape index (κ1) is 14.0. The van der Waals surface area contributed by atoms with Crippen molar-refractivity contribution in [1.82, 2.24) is 20.2 Å². The molecule has 0 amide bonds. The van der Waals surface area contributed by atoms with Crippen molar-refractivity contribution in [2.75, 3.05) is 0 Å². The minimum atomic E-state index is -4.62. The molecule has 2 aromatic rings. The molecule has 1 heterocycles. The zero-order valence-electron chi connectivity index (χ0n) is 10.3. The number of hydrogen-bond donors (Lipinski definition) is 0. The monoisotopic (exact) mass is 286 g/mol. The Morgan fingerprint density at radius 2 is 2.15 bits per heavy atom. The zero-order chi connectivity index (χ0) is 14.8. The Morgan fingerprint density at radius 3 is 2.70 bits per heavy atom. The average molecular weight is 286 g/mol. The van der Waals surface area contributed by atoms with Crippen molar-refractivity contribution in [3.8, 4) is 5.75 Å². The lowest BCUT2D eigenvalue weighted by atomic mass is 10.1. The third kappa shape index (κ3) is 3.11. The number of aromatic nitrogens is 4. The first-order chi connectivity index (χ1) is 9.40. The van der Waals surface area contributed by atoms with Gasteiger partial charge in [0, 0.05) is 5.56 Å². The lowest BCUT2D eigenvalue weighted by Gasteiger charge is -2.13. The Bertz CT molecular complexity index is 624. The summed E-state index contributed by atoms with van der Waals surface area (Å²) < 4.78 is 43.6. The molecule has 0 saturated carbocycles. The molecule has 1 aromatic carbocycles. The number of ether oxygens (including phenoxy) is 1. The molecular formula is C11H9F3N4O2. The first-order valence-electron chi connectivity index (χ1n) is 5.42. The lowest BCUT2D eigenvalue weighted by Crippen LogP contribution is -2.10. The van der Waals surface area contributed by atoms with Crippen molar-refractivity contribution in [3.05, 3.63) is 35.2 Å². The number of carbonyl (C=O) groups excluding carboxylic acids is 1. The third-order valence-electron chi connectivity index (χ3n) is 2.35. The summed E-state index contributed by atoms with van der Waals surface area (Å²) in [4.78, 5) is 11.7. The fraction of sp³-hybridized carbons (Fsp3) is 0.273. The van der Waals surface area contributed by atoms with Crippen LogP contribution in [0.3, 0.4) is 0 Å². The Morgan fingerprint density at radius 1 is 1.40 bits per heavy atom. The molecule has 0 N–H and O–H groups in total. The van der Waals surface area contributed by atoms with Crippen molar-refractivity contribution in [2.24, 2.45) is 7.05 Å². The van der Waals surface area contributed by atoms with Gasteiger partial charge in [-0.1, -0.05) is 0 Å². The summed E-state index contributed by atoms with van der Waals surface area (Å²) in [6.45, 7) is -0.253. The van der Waals surface area contributed by atoms with Gasteiger partial charge in [-0.25, -0.2) is 0 Å². The van der Waals surface area contributed by atoms with E-state index in [1.807, 2.05) is 0 Å². The molecule has 2 rings (SSSR count). The van der Waals surface area contributed by atoms with E-state index in [1.165, 1.54) is 17.9 Å². The highest BCUT2D eigenvalue weighted by Crippen LogP contribution is 2.36. The second-order valence-electron chi connectivity index (χ2n) is 3.85. The number of nitrogens with zero attached hydrogens (tertiary/aromatic N) is 4. The second-order valence-corrected chi connectivity index (χ2v) is 3.85. The molecule has 0 aliphatic heterocycles. The maximum Gasteiger partial charge on any atom is 0.419 e.